The van der Waals surface area contributed by atoms with Crippen LogP contribution in [0.5, 0.6) is 0 Å². The summed E-state index contributed by atoms with van der Waals surface area (Å²) in [6.45, 7) is 8.67. The van der Waals surface area contributed by atoms with Crippen LogP contribution in [0.3, 0.4) is 0 Å². The van der Waals surface area contributed by atoms with E-state index in [4.69, 9.17) is 14.2 Å². The number of hydrogen-bond donors (Lipinski definition) is 0. The lowest BCUT2D eigenvalue weighted by Crippen LogP contribution is -2.52. The highest BCUT2D eigenvalue weighted by molar-refractivity contribution is 4.93. The maximum Gasteiger partial charge on any atom is 0.164 e. The van der Waals surface area contributed by atoms with Gasteiger partial charge in [0.15, 0.2) is 12.6 Å². The lowest BCUT2D eigenvalue weighted by atomic mass is 9.65. The van der Waals surface area contributed by atoms with Crippen LogP contribution in [-0.2, 0) is 14.2 Å². The van der Waals surface area contributed by atoms with Crippen molar-refractivity contribution in [2.45, 2.75) is 84.6 Å². The van der Waals surface area contributed by atoms with Crippen LogP contribution >= 0.6 is 0 Å². The van der Waals surface area contributed by atoms with Gasteiger partial charge in [0.05, 0.1) is 12.2 Å². The second-order valence-electron chi connectivity index (χ2n) is 7.37. The summed E-state index contributed by atoms with van der Waals surface area (Å²) in [7, 11) is 0. The van der Waals surface area contributed by atoms with Gasteiger partial charge in [-0.1, -0.05) is 13.3 Å². The minimum atomic E-state index is -0.0923. The van der Waals surface area contributed by atoms with Crippen molar-refractivity contribution in [1.29, 1.82) is 0 Å². The summed E-state index contributed by atoms with van der Waals surface area (Å²) < 4.78 is 18.5. The van der Waals surface area contributed by atoms with Crippen LogP contribution in [0, 0.1) is 23.7 Å². The molecule has 3 heteroatoms. The summed E-state index contributed by atoms with van der Waals surface area (Å²) >= 11 is 0. The molecule has 2 aliphatic heterocycles. The lowest BCUT2D eigenvalue weighted by molar-refractivity contribution is -0.337. The first kappa shape index (κ1) is 14.8. The van der Waals surface area contributed by atoms with Gasteiger partial charge in [-0.05, 0) is 58.3 Å². The third-order valence-corrected chi connectivity index (χ3v) is 5.55. The van der Waals surface area contributed by atoms with Crippen LogP contribution in [-0.4, -0.2) is 24.8 Å². The van der Waals surface area contributed by atoms with E-state index in [1.807, 2.05) is 0 Å². The Morgan fingerprint density at radius 3 is 2.55 bits per heavy atom. The zero-order chi connectivity index (χ0) is 14.3. The molecular weight excluding hydrogens is 252 g/mol. The summed E-state index contributed by atoms with van der Waals surface area (Å²) in [4.78, 5) is 0. The SMILES string of the molecule is CC(C)OC1O[C@@H]2OC(C)CCC3CCCC(C1C)C32. The van der Waals surface area contributed by atoms with Gasteiger partial charge in [0.2, 0.25) is 0 Å². The maximum atomic E-state index is 6.26. The monoisotopic (exact) mass is 282 g/mol. The molecule has 0 spiro atoms. The van der Waals surface area contributed by atoms with Crippen LogP contribution < -0.4 is 0 Å². The Kier molecular flexibility index (Phi) is 4.40. The molecule has 1 saturated carbocycles. The van der Waals surface area contributed by atoms with Crippen LogP contribution in [0.15, 0.2) is 0 Å². The first-order valence-electron chi connectivity index (χ1n) is 8.52. The molecule has 2 heterocycles. The Hall–Kier alpha value is -0.120. The van der Waals surface area contributed by atoms with E-state index in [1.54, 1.807) is 0 Å². The van der Waals surface area contributed by atoms with Gasteiger partial charge >= 0.3 is 0 Å². The molecule has 0 radical (unpaired) electrons. The Bertz CT molecular complexity index is 330. The maximum absolute atomic E-state index is 6.26. The van der Waals surface area contributed by atoms with Gasteiger partial charge in [-0.3, -0.25) is 0 Å². The van der Waals surface area contributed by atoms with E-state index >= 15 is 0 Å². The summed E-state index contributed by atoms with van der Waals surface area (Å²) in [5.74, 6) is 2.59. The Labute approximate surface area is 123 Å². The van der Waals surface area contributed by atoms with Crippen molar-refractivity contribution in [3.63, 3.8) is 0 Å². The Morgan fingerprint density at radius 1 is 1.00 bits per heavy atom. The molecular formula is C17H30O3. The van der Waals surface area contributed by atoms with Gasteiger partial charge in [0.1, 0.15) is 0 Å². The number of hydrogen-bond acceptors (Lipinski definition) is 3. The van der Waals surface area contributed by atoms with Gasteiger partial charge in [0.25, 0.3) is 0 Å². The molecule has 3 nitrogen and oxygen atoms in total. The predicted octanol–water partition coefficient (Wildman–Crippen LogP) is 3.96. The van der Waals surface area contributed by atoms with Crippen molar-refractivity contribution in [3.05, 3.63) is 0 Å². The molecule has 0 N–H and O–H groups in total. The molecule has 2 saturated heterocycles. The van der Waals surface area contributed by atoms with E-state index in [-0.39, 0.29) is 18.7 Å². The van der Waals surface area contributed by atoms with E-state index in [0.717, 1.165) is 5.92 Å². The average Bonchev–Trinajstić information content (AvgIpc) is 2.55. The normalized spacial score (nSPS) is 48.8. The van der Waals surface area contributed by atoms with Gasteiger partial charge < -0.3 is 14.2 Å². The van der Waals surface area contributed by atoms with Crippen LogP contribution in [0.4, 0.5) is 0 Å². The number of ether oxygens (including phenoxy) is 3. The van der Waals surface area contributed by atoms with Crippen molar-refractivity contribution in [2.24, 2.45) is 23.7 Å². The van der Waals surface area contributed by atoms with Crippen molar-refractivity contribution in [3.8, 4) is 0 Å². The van der Waals surface area contributed by atoms with E-state index < -0.39 is 0 Å². The molecule has 0 bridgehead atoms. The van der Waals surface area contributed by atoms with Crippen LogP contribution in [0.25, 0.3) is 0 Å². The fraction of sp³-hybridized carbons (Fsp3) is 1.00. The molecule has 6 unspecified atom stereocenters. The molecule has 7 atom stereocenters. The molecule has 0 aromatic carbocycles. The molecule has 3 fully saturated rings. The summed E-state index contributed by atoms with van der Waals surface area (Å²) in [6.07, 6.45) is 6.93. The van der Waals surface area contributed by atoms with Crippen molar-refractivity contribution in [2.75, 3.05) is 0 Å². The molecule has 3 rings (SSSR count). The van der Waals surface area contributed by atoms with Gasteiger partial charge in [-0.25, -0.2) is 0 Å². The molecule has 0 aromatic heterocycles. The van der Waals surface area contributed by atoms with Crippen molar-refractivity contribution in [1.82, 2.24) is 0 Å². The van der Waals surface area contributed by atoms with Crippen molar-refractivity contribution >= 4 is 0 Å². The number of rotatable bonds is 2. The summed E-state index contributed by atoms with van der Waals surface area (Å²) in [5, 5.41) is 0. The standard InChI is InChI=1S/C17H30O3/c1-10(2)18-16-12(4)14-7-5-6-13-9-8-11(3)19-17(20-16)15(13)14/h10-17H,5-9H2,1-4H3/t11?,12?,13?,14?,15?,16?,17-/m0/s1. The summed E-state index contributed by atoms with van der Waals surface area (Å²) in [6, 6.07) is 0. The second kappa shape index (κ2) is 5.94. The van der Waals surface area contributed by atoms with E-state index in [0.29, 0.717) is 23.9 Å². The molecule has 0 amide bonds. The zero-order valence-electron chi connectivity index (χ0n) is 13.4. The van der Waals surface area contributed by atoms with Gasteiger partial charge in [0, 0.05) is 11.8 Å². The van der Waals surface area contributed by atoms with E-state index in [9.17, 15) is 0 Å². The second-order valence-corrected chi connectivity index (χ2v) is 7.37. The van der Waals surface area contributed by atoms with E-state index in [1.165, 1.54) is 32.1 Å². The third-order valence-electron chi connectivity index (χ3n) is 5.55. The first-order valence-corrected chi connectivity index (χ1v) is 8.52. The third kappa shape index (κ3) is 2.77. The molecule has 1 aliphatic carbocycles. The topological polar surface area (TPSA) is 27.7 Å². The van der Waals surface area contributed by atoms with Crippen LogP contribution in [0.2, 0.25) is 0 Å². The molecule has 3 aliphatic rings. The smallest absolute Gasteiger partial charge is 0.164 e. The van der Waals surface area contributed by atoms with E-state index in [2.05, 4.69) is 27.7 Å². The molecule has 116 valence electrons. The fourth-order valence-electron chi connectivity index (χ4n) is 4.57. The quantitative estimate of drug-likeness (QED) is 0.767. The van der Waals surface area contributed by atoms with Gasteiger partial charge in [-0.2, -0.15) is 0 Å². The highest BCUT2D eigenvalue weighted by Crippen LogP contribution is 2.50. The van der Waals surface area contributed by atoms with Crippen molar-refractivity contribution < 1.29 is 14.2 Å². The fourth-order valence-corrected chi connectivity index (χ4v) is 4.57. The first-order chi connectivity index (χ1) is 9.56. The Balaban J connectivity index is 1.81. The van der Waals surface area contributed by atoms with Gasteiger partial charge in [-0.15, -0.1) is 0 Å². The zero-order valence-corrected chi connectivity index (χ0v) is 13.4. The molecule has 20 heavy (non-hydrogen) atoms. The Morgan fingerprint density at radius 2 is 1.80 bits per heavy atom. The largest absolute Gasteiger partial charge is 0.350 e. The lowest BCUT2D eigenvalue weighted by Gasteiger charge is -2.50. The summed E-state index contributed by atoms with van der Waals surface area (Å²) in [5.41, 5.74) is 0. The predicted molar refractivity (Wildman–Crippen MR) is 78.1 cm³/mol. The minimum Gasteiger partial charge on any atom is -0.350 e. The highest BCUT2D eigenvalue weighted by atomic mass is 16.8. The highest BCUT2D eigenvalue weighted by Gasteiger charge is 2.50. The minimum absolute atomic E-state index is 0.0391. The average molecular weight is 282 g/mol. The van der Waals surface area contributed by atoms with Crippen LogP contribution in [0.1, 0.15) is 59.8 Å². The molecule has 0 aromatic rings.